The number of carboxylic acid groups (broad SMARTS) is 1. The third kappa shape index (κ3) is 2.74. The van der Waals surface area contributed by atoms with Gasteiger partial charge < -0.3 is 15.1 Å². The number of anilines is 1. The van der Waals surface area contributed by atoms with E-state index in [1.54, 1.807) is 30.3 Å². The zero-order valence-electron chi connectivity index (χ0n) is 18.1. The van der Waals surface area contributed by atoms with Crippen molar-refractivity contribution in [1.29, 1.82) is 0 Å². The Kier molecular flexibility index (Phi) is 4.64. The van der Waals surface area contributed by atoms with Gasteiger partial charge in [0.15, 0.2) is 0 Å². The summed E-state index contributed by atoms with van der Waals surface area (Å²) < 4.78 is 14.2. The van der Waals surface area contributed by atoms with Crippen molar-refractivity contribution >= 4 is 11.7 Å². The molecule has 4 nitrogen and oxygen atoms in total. The molecule has 1 spiro atoms. The van der Waals surface area contributed by atoms with E-state index in [1.165, 1.54) is 6.07 Å². The fourth-order valence-corrected chi connectivity index (χ4v) is 6.04. The Morgan fingerprint density at radius 3 is 2.56 bits per heavy atom. The molecule has 32 heavy (non-hydrogen) atoms. The van der Waals surface area contributed by atoms with Crippen LogP contribution in [-0.4, -0.2) is 22.4 Å². The first-order valence-corrected chi connectivity index (χ1v) is 10.9. The van der Waals surface area contributed by atoms with Gasteiger partial charge in [0.1, 0.15) is 12.0 Å². The molecule has 1 fully saturated rings. The van der Waals surface area contributed by atoms with E-state index in [0.29, 0.717) is 6.54 Å². The van der Waals surface area contributed by atoms with Gasteiger partial charge >= 0.3 is 5.97 Å². The van der Waals surface area contributed by atoms with Crippen molar-refractivity contribution in [1.82, 2.24) is 0 Å². The number of aromatic carboxylic acids is 1. The summed E-state index contributed by atoms with van der Waals surface area (Å²) in [6, 6.07) is 21.6. The molecule has 1 unspecified atom stereocenters. The van der Waals surface area contributed by atoms with Crippen LogP contribution in [0.15, 0.2) is 72.8 Å². The average Bonchev–Trinajstić information content (AvgIpc) is 3.45. The molecule has 1 saturated carbocycles. The molecular weight excluding hydrogens is 405 g/mol. The van der Waals surface area contributed by atoms with E-state index in [-0.39, 0.29) is 22.7 Å². The molecule has 3 atom stereocenters. The van der Waals surface area contributed by atoms with Crippen molar-refractivity contribution in [3.05, 3.63) is 101 Å². The highest BCUT2D eigenvalue weighted by atomic mass is 19.1. The Bertz CT molecular complexity index is 1210. The lowest BCUT2D eigenvalue weighted by Gasteiger charge is -2.32. The van der Waals surface area contributed by atoms with Gasteiger partial charge in [0.05, 0.1) is 11.0 Å². The fraction of sp³-hybridized carbons (Fsp3) is 0.296. The van der Waals surface area contributed by atoms with Gasteiger partial charge in [-0.25, -0.2) is 9.18 Å². The van der Waals surface area contributed by atoms with Gasteiger partial charge in [-0.3, -0.25) is 0 Å². The molecule has 3 aromatic rings. The standard InChI is InChI=1S/C27H26FNO3/c1-17(2)26(20-9-6-10-21(28)14-20)16-27(26)22-11-3-4-12-23(22)29(25(27)32)15-18-7-5-8-19(13-18)24(30)31/h3-14,17,25,32H,15-16H2,1-2H3,(H,30,31)/t25?,26-,27-/m1/s1. The van der Waals surface area contributed by atoms with Gasteiger partial charge in [-0.2, -0.15) is 0 Å². The monoisotopic (exact) mass is 431 g/mol. The molecule has 0 amide bonds. The maximum atomic E-state index is 14.2. The topological polar surface area (TPSA) is 60.8 Å². The molecule has 5 rings (SSSR count). The maximum Gasteiger partial charge on any atom is 0.335 e. The second-order valence-corrected chi connectivity index (χ2v) is 9.31. The molecule has 5 heteroatoms. The highest BCUT2D eigenvalue weighted by Crippen LogP contribution is 2.74. The van der Waals surface area contributed by atoms with E-state index >= 15 is 0 Å². The Labute approximate surface area is 186 Å². The van der Waals surface area contributed by atoms with Gasteiger partial charge in [0.2, 0.25) is 0 Å². The van der Waals surface area contributed by atoms with Crippen molar-refractivity contribution in [3.8, 4) is 0 Å². The van der Waals surface area contributed by atoms with Crippen molar-refractivity contribution in [3.63, 3.8) is 0 Å². The van der Waals surface area contributed by atoms with Crippen LogP contribution in [0.3, 0.4) is 0 Å². The number of halogens is 1. The van der Waals surface area contributed by atoms with E-state index in [9.17, 15) is 19.4 Å². The summed E-state index contributed by atoms with van der Waals surface area (Å²) in [4.78, 5) is 13.4. The molecule has 164 valence electrons. The first-order chi connectivity index (χ1) is 15.3. The lowest BCUT2D eigenvalue weighted by Crippen LogP contribution is -2.42. The zero-order chi connectivity index (χ0) is 22.7. The quantitative estimate of drug-likeness (QED) is 0.590. The fourth-order valence-electron chi connectivity index (χ4n) is 6.04. The number of fused-ring (bicyclic) bond motifs is 2. The van der Waals surface area contributed by atoms with E-state index in [2.05, 4.69) is 19.9 Å². The van der Waals surface area contributed by atoms with Crippen LogP contribution in [0.25, 0.3) is 0 Å². The summed E-state index contributed by atoms with van der Waals surface area (Å²) in [7, 11) is 0. The van der Waals surface area contributed by atoms with Crippen molar-refractivity contribution in [2.24, 2.45) is 5.92 Å². The van der Waals surface area contributed by atoms with Gasteiger partial charge in [-0.15, -0.1) is 0 Å². The number of para-hydroxylation sites is 1. The van der Waals surface area contributed by atoms with Crippen LogP contribution >= 0.6 is 0 Å². The second kappa shape index (κ2) is 7.17. The van der Waals surface area contributed by atoms with Crippen molar-refractivity contribution in [2.45, 2.75) is 43.9 Å². The average molecular weight is 432 g/mol. The molecule has 1 aliphatic heterocycles. The largest absolute Gasteiger partial charge is 0.478 e. The minimum Gasteiger partial charge on any atom is -0.478 e. The molecule has 0 saturated heterocycles. The van der Waals surface area contributed by atoms with Crippen LogP contribution in [0.4, 0.5) is 10.1 Å². The molecule has 0 radical (unpaired) electrons. The summed E-state index contributed by atoms with van der Waals surface area (Å²) in [5, 5.41) is 21.1. The number of carboxylic acids is 1. The van der Waals surface area contributed by atoms with Crippen molar-refractivity contribution in [2.75, 3.05) is 4.90 Å². The van der Waals surface area contributed by atoms with Gasteiger partial charge in [-0.05, 0) is 59.4 Å². The minimum absolute atomic E-state index is 0.183. The summed E-state index contributed by atoms with van der Waals surface area (Å²) in [5.74, 6) is -1.06. The number of benzene rings is 3. The Hall–Kier alpha value is -3.18. The predicted octanol–water partition coefficient (Wildman–Crippen LogP) is 5.10. The summed E-state index contributed by atoms with van der Waals surface area (Å²) in [5.41, 5.74) is 3.04. The summed E-state index contributed by atoms with van der Waals surface area (Å²) in [6.07, 6.45) is -0.0793. The molecular formula is C27H26FNO3. The molecule has 1 aliphatic carbocycles. The van der Waals surface area contributed by atoms with Gasteiger partial charge in [0, 0.05) is 17.6 Å². The lowest BCUT2D eigenvalue weighted by atomic mass is 9.75. The third-order valence-corrected chi connectivity index (χ3v) is 7.51. The minimum atomic E-state index is -0.974. The number of nitrogens with zero attached hydrogens (tertiary/aromatic N) is 1. The normalized spacial score (nSPS) is 25.9. The molecule has 0 bridgehead atoms. The van der Waals surface area contributed by atoms with E-state index in [4.69, 9.17) is 0 Å². The Morgan fingerprint density at radius 2 is 1.84 bits per heavy atom. The Balaban J connectivity index is 1.60. The second-order valence-electron chi connectivity index (χ2n) is 9.31. The van der Waals surface area contributed by atoms with E-state index in [1.807, 2.05) is 35.2 Å². The van der Waals surface area contributed by atoms with Crippen LogP contribution < -0.4 is 4.90 Å². The highest BCUT2D eigenvalue weighted by molar-refractivity contribution is 5.87. The summed E-state index contributed by atoms with van der Waals surface area (Å²) in [6.45, 7) is 4.65. The van der Waals surface area contributed by atoms with Gasteiger partial charge in [-0.1, -0.05) is 56.3 Å². The van der Waals surface area contributed by atoms with Crippen LogP contribution in [0.2, 0.25) is 0 Å². The first kappa shape index (κ1) is 20.7. The SMILES string of the molecule is CC(C)[C@@]1(c2cccc(F)c2)C[C@]12c1ccccc1N(Cc1cccc(C(=O)O)c1)C2O. The molecule has 2 N–H and O–H groups in total. The molecule has 3 aromatic carbocycles. The number of hydrogen-bond acceptors (Lipinski definition) is 3. The van der Waals surface area contributed by atoms with Crippen LogP contribution in [0.5, 0.6) is 0 Å². The Morgan fingerprint density at radius 1 is 1.09 bits per heavy atom. The number of rotatable bonds is 5. The van der Waals surface area contributed by atoms with Crippen LogP contribution in [0.1, 0.15) is 47.3 Å². The van der Waals surface area contributed by atoms with E-state index < -0.39 is 17.6 Å². The van der Waals surface area contributed by atoms with Gasteiger partial charge in [0.25, 0.3) is 0 Å². The lowest BCUT2D eigenvalue weighted by molar-refractivity contribution is 0.0696. The molecule has 1 heterocycles. The van der Waals surface area contributed by atoms with E-state index in [0.717, 1.165) is 28.8 Å². The molecule has 0 aromatic heterocycles. The zero-order valence-corrected chi connectivity index (χ0v) is 18.1. The molecule has 2 aliphatic rings. The van der Waals surface area contributed by atoms with Crippen molar-refractivity contribution < 1.29 is 19.4 Å². The summed E-state index contributed by atoms with van der Waals surface area (Å²) >= 11 is 0. The maximum absolute atomic E-state index is 14.2. The number of carbonyl (C=O) groups is 1. The van der Waals surface area contributed by atoms with Crippen LogP contribution in [-0.2, 0) is 17.4 Å². The third-order valence-electron chi connectivity index (χ3n) is 7.51. The smallest absolute Gasteiger partial charge is 0.335 e. The number of aliphatic hydroxyl groups is 1. The highest BCUT2D eigenvalue weighted by Gasteiger charge is 2.76. The predicted molar refractivity (Wildman–Crippen MR) is 121 cm³/mol. The number of aliphatic hydroxyl groups excluding tert-OH is 1. The van der Waals surface area contributed by atoms with Crippen LogP contribution in [0, 0.1) is 11.7 Å². The first-order valence-electron chi connectivity index (χ1n) is 10.9. The number of hydrogen-bond donors (Lipinski definition) is 2.